The van der Waals surface area contributed by atoms with Gasteiger partial charge in [0.2, 0.25) is 0 Å². The fourth-order valence-corrected chi connectivity index (χ4v) is 5.44. The fourth-order valence-electron chi connectivity index (χ4n) is 5.44. The monoisotopic (exact) mass is 318 g/mol. The van der Waals surface area contributed by atoms with Crippen LogP contribution in [-0.2, 0) is 11.8 Å². The molecule has 0 heterocycles. The van der Waals surface area contributed by atoms with Crippen LogP contribution in [0.2, 0.25) is 0 Å². The summed E-state index contributed by atoms with van der Waals surface area (Å²) in [7, 11) is 0. The summed E-state index contributed by atoms with van der Waals surface area (Å²) in [5.41, 5.74) is 4.05. The van der Waals surface area contributed by atoms with E-state index in [1.54, 1.807) is 0 Å². The standard InChI is InChI=1S/C23H26O/c1-22(2)15-20(21(24)18-10-4-3-5-11-18)23(16-22)14-8-12-17-9-6-7-13-19(17)23/h3-7,9-11,13,20H,8,12,14-16H2,1-2H3/t20-,23-/m1/s1. The molecule has 0 unspecified atom stereocenters. The molecule has 0 bridgehead atoms. The van der Waals surface area contributed by atoms with E-state index in [-0.39, 0.29) is 16.7 Å². The van der Waals surface area contributed by atoms with Gasteiger partial charge < -0.3 is 0 Å². The van der Waals surface area contributed by atoms with E-state index in [4.69, 9.17) is 0 Å². The van der Waals surface area contributed by atoms with Crippen LogP contribution < -0.4 is 0 Å². The van der Waals surface area contributed by atoms with Crippen LogP contribution in [0.5, 0.6) is 0 Å². The number of carbonyl (C=O) groups is 1. The summed E-state index contributed by atoms with van der Waals surface area (Å²) in [6, 6.07) is 18.8. The van der Waals surface area contributed by atoms with E-state index in [0.717, 1.165) is 31.2 Å². The Bertz CT molecular complexity index is 759. The second-order valence-electron chi connectivity index (χ2n) is 8.49. The molecule has 2 aromatic carbocycles. The summed E-state index contributed by atoms with van der Waals surface area (Å²) in [6.07, 6.45) is 5.63. The first-order valence-corrected chi connectivity index (χ1v) is 9.20. The predicted molar refractivity (Wildman–Crippen MR) is 98.3 cm³/mol. The zero-order valence-corrected chi connectivity index (χ0v) is 14.7. The lowest BCUT2D eigenvalue weighted by molar-refractivity contribution is 0.0855. The van der Waals surface area contributed by atoms with Crippen molar-refractivity contribution in [2.75, 3.05) is 0 Å². The molecule has 2 aliphatic rings. The van der Waals surface area contributed by atoms with Crippen molar-refractivity contribution in [2.24, 2.45) is 11.3 Å². The number of hydrogen-bond acceptors (Lipinski definition) is 1. The van der Waals surface area contributed by atoms with Gasteiger partial charge in [0.1, 0.15) is 0 Å². The summed E-state index contributed by atoms with van der Waals surface area (Å²) in [6.45, 7) is 4.68. The molecular formula is C23H26O. The van der Waals surface area contributed by atoms with E-state index in [1.165, 1.54) is 17.5 Å². The quantitative estimate of drug-likeness (QED) is 0.661. The van der Waals surface area contributed by atoms with Gasteiger partial charge in [-0.2, -0.15) is 0 Å². The maximum Gasteiger partial charge on any atom is 0.166 e. The Morgan fingerprint density at radius 2 is 1.71 bits per heavy atom. The van der Waals surface area contributed by atoms with Gasteiger partial charge in [-0.05, 0) is 48.6 Å². The molecule has 1 spiro atoms. The molecule has 2 aliphatic carbocycles. The van der Waals surface area contributed by atoms with Crippen LogP contribution in [0.15, 0.2) is 54.6 Å². The van der Waals surface area contributed by atoms with Crippen molar-refractivity contribution in [3.63, 3.8) is 0 Å². The van der Waals surface area contributed by atoms with Crippen molar-refractivity contribution in [3.8, 4) is 0 Å². The van der Waals surface area contributed by atoms with Gasteiger partial charge in [0, 0.05) is 16.9 Å². The van der Waals surface area contributed by atoms with Crippen molar-refractivity contribution in [3.05, 3.63) is 71.3 Å². The molecule has 1 nitrogen and oxygen atoms in total. The minimum Gasteiger partial charge on any atom is -0.294 e. The molecule has 4 rings (SSSR count). The Morgan fingerprint density at radius 1 is 1.00 bits per heavy atom. The Morgan fingerprint density at radius 3 is 2.50 bits per heavy atom. The van der Waals surface area contributed by atoms with E-state index < -0.39 is 0 Å². The number of rotatable bonds is 2. The summed E-state index contributed by atoms with van der Waals surface area (Å²) in [5.74, 6) is 0.453. The smallest absolute Gasteiger partial charge is 0.166 e. The molecule has 0 N–H and O–H groups in total. The van der Waals surface area contributed by atoms with E-state index in [2.05, 4.69) is 38.1 Å². The SMILES string of the molecule is CC1(C)C[C@H](C(=O)c2ccccc2)[C@]2(CCCc3ccccc32)C1. The van der Waals surface area contributed by atoms with Gasteiger partial charge in [0.05, 0.1) is 0 Å². The molecule has 0 amide bonds. The van der Waals surface area contributed by atoms with E-state index >= 15 is 0 Å². The minimum absolute atomic E-state index is 0.0330. The third-order valence-corrected chi connectivity index (χ3v) is 6.22. The number of benzene rings is 2. The number of ketones is 1. The van der Waals surface area contributed by atoms with Crippen LogP contribution in [0.4, 0.5) is 0 Å². The van der Waals surface area contributed by atoms with E-state index in [9.17, 15) is 4.79 Å². The molecule has 24 heavy (non-hydrogen) atoms. The number of fused-ring (bicyclic) bond motifs is 2. The molecule has 0 aromatic heterocycles. The third-order valence-electron chi connectivity index (χ3n) is 6.22. The molecule has 0 saturated heterocycles. The lowest BCUT2D eigenvalue weighted by atomic mass is 9.62. The highest BCUT2D eigenvalue weighted by Gasteiger charge is 2.55. The molecule has 2 atom stereocenters. The highest BCUT2D eigenvalue weighted by atomic mass is 16.1. The molecule has 1 fully saturated rings. The average Bonchev–Trinajstić information content (AvgIpc) is 2.87. The summed E-state index contributed by atoms with van der Waals surface area (Å²) >= 11 is 0. The summed E-state index contributed by atoms with van der Waals surface area (Å²) in [4.78, 5) is 13.4. The van der Waals surface area contributed by atoms with Gasteiger partial charge in [-0.25, -0.2) is 0 Å². The minimum atomic E-state index is 0.0330. The second kappa shape index (κ2) is 5.58. The lowest BCUT2D eigenvalue weighted by Gasteiger charge is -2.41. The topological polar surface area (TPSA) is 17.1 Å². The zero-order valence-electron chi connectivity index (χ0n) is 14.7. The van der Waals surface area contributed by atoms with Crippen LogP contribution >= 0.6 is 0 Å². The Labute approximate surface area is 145 Å². The zero-order chi connectivity index (χ0) is 16.8. The van der Waals surface area contributed by atoms with Crippen molar-refractivity contribution in [1.82, 2.24) is 0 Å². The fraction of sp³-hybridized carbons (Fsp3) is 0.435. The Balaban J connectivity index is 1.83. The molecular weight excluding hydrogens is 292 g/mol. The highest BCUT2D eigenvalue weighted by Crippen LogP contribution is 2.59. The molecule has 1 heteroatoms. The Kier molecular flexibility index (Phi) is 3.63. The van der Waals surface area contributed by atoms with Gasteiger partial charge in [-0.3, -0.25) is 4.79 Å². The third kappa shape index (κ3) is 2.42. The summed E-state index contributed by atoms with van der Waals surface area (Å²) < 4.78 is 0. The van der Waals surface area contributed by atoms with Crippen molar-refractivity contribution < 1.29 is 4.79 Å². The Hall–Kier alpha value is -1.89. The molecule has 1 saturated carbocycles. The van der Waals surface area contributed by atoms with E-state index in [0.29, 0.717) is 5.78 Å². The van der Waals surface area contributed by atoms with Crippen LogP contribution in [0.1, 0.15) is 61.0 Å². The number of hydrogen-bond donors (Lipinski definition) is 0. The van der Waals surface area contributed by atoms with Gasteiger partial charge >= 0.3 is 0 Å². The van der Waals surface area contributed by atoms with Crippen molar-refractivity contribution in [2.45, 2.75) is 51.4 Å². The average molecular weight is 318 g/mol. The normalized spacial score (nSPS) is 27.8. The van der Waals surface area contributed by atoms with Crippen molar-refractivity contribution in [1.29, 1.82) is 0 Å². The van der Waals surface area contributed by atoms with Crippen LogP contribution in [0, 0.1) is 11.3 Å². The second-order valence-corrected chi connectivity index (χ2v) is 8.49. The predicted octanol–water partition coefficient (Wildman–Crippen LogP) is 5.58. The first kappa shape index (κ1) is 15.6. The van der Waals surface area contributed by atoms with Crippen LogP contribution in [0.3, 0.4) is 0 Å². The molecule has 124 valence electrons. The maximum absolute atomic E-state index is 13.4. The largest absolute Gasteiger partial charge is 0.294 e. The highest BCUT2D eigenvalue weighted by molar-refractivity contribution is 5.99. The maximum atomic E-state index is 13.4. The number of Topliss-reactive ketones (excluding diaryl/α,β-unsaturated/α-hetero) is 1. The van der Waals surface area contributed by atoms with Crippen molar-refractivity contribution >= 4 is 5.78 Å². The molecule has 2 aromatic rings. The number of carbonyl (C=O) groups excluding carboxylic acids is 1. The molecule has 0 radical (unpaired) electrons. The van der Waals surface area contributed by atoms with Gasteiger partial charge in [0.15, 0.2) is 5.78 Å². The van der Waals surface area contributed by atoms with Crippen LogP contribution in [0.25, 0.3) is 0 Å². The first-order chi connectivity index (χ1) is 11.5. The first-order valence-electron chi connectivity index (χ1n) is 9.20. The van der Waals surface area contributed by atoms with Gasteiger partial charge in [-0.15, -0.1) is 0 Å². The van der Waals surface area contributed by atoms with Crippen LogP contribution in [-0.4, -0.2) is 5.78 Å². The van der Waals surface area contributed by atoms with E-state index in [1.807, 2.05) is 30.3 Å². The van der Waals surface area contributed by atoms with Gasteiger partial charge in [-0.1, -0.05) is 68.4 Å². The van der Waals surface area contributed by atoms with Gasteiger partial charge in [0.25, 0.3) is 0 Å². The summed E-state index contributed by atoms with van der Waals surface area (Å²) in [5, 5.41) is 0. The number of aryl methyl sites for hydroxylation is 1. The lowest BCUT2D eigenvalue weighted by Crippen LogP contribution is -2.38. The molecule has 0 aliphatic heterocycles.